The van der Waals surface area contributed by atoms with E-state index < -0.39 is 5.97 Å². The minimum absolute atomic E-state index is 0.0577. The zero-order chi connectivity index (χ0) is 18.8. The Labute approximate surface area is 154 Å². The maximum atomic E-state index is 11.8. The quantitative estimate of drug-likeness (QED) is 0.555. The van der Waals surface area contributed by atoms with Crippen molar-refractivity contribution >= 4 is 11.9 Å². The van der Waals surface area contributed by atoms with E-state index in [0.717, 1.165) is 11.1 Å². The van der Waals surface area contributed by atoms with Gasteiger partial charge in [-0.15, -0.1) is 0 Å². The second-order valence-corrected chi connectivity index (χ2v) is 6.16. The predicted octanol–water partition coefficient (Wildman–Crippen LogP) is 2.97. The predicted molar refractivity (Wildman–Crippen MR) is 100 cm³/mol. The molecule has 0 aromatic heterocycles. The first kappa shape index (κ1) is 19.5. The lowest BCUT2D eigenvalue weighted by Gasteiger charge is -2.08. The Balaban J connectivity index is 1.55. The molecule has 0 aliphatic rings. The number of hydrogen-bond donors (Lipinski definition) is 1. The van der Waals surface area contributed by atoms with Crippen molar-refractivity contribution < 1.29 is 19.1 Å². The molecule has 5 heteroatoms. The molecule has 138 valence electrons. The third-order valence-electron chi connectivity index (χ3n) is 3.79. The van der Waals surface area contributed by atoms with Crippen molar-refractivity contribution in [3.8, 4) is 5.75 Å². The van der Waals surface area contributed by atoms with Crippen LogP contribution < -0.4 is 10.1 Å². The van der Waals surface area contributed by atoms with E-state index in [4.69, 9.17) is 9.47 Å². The zero-order valence-electron chi connectivity index (χ0n) is 15.3. The van der Waals surface area contributed by atoms with Crippen LogP contribution in [-0.4, -0.2) is 31.6 Å². The summed E-state index contributed by atoms with van der Waals surface area (Å²) in [6.07, 6.45) is 1.10. The molecule has 0 aliphatic carbocycles. The van der Waals surface area contributed by atoms with Gasteiger partial charge in [-0.3, -0.25) is 4.79 Å². The summed E-state index contributed by atoms with van der Waals surface area (Å²) >= 11 is 0. The molecule has 0 saturated heterocycles. The fourth-order valence-corrected chi connectivity index (χ4v) is 2.35. The highest BCUT2D eigenvalue weighted by atomic mass is 16.6. The molecule has 2 aromatic rings. The molecule has 0 fully saturated rings. The molecular weight excluding hydrogens is 330 g/mol. The number of rotatable bonds is 9. The Morgan fingerprint density at radius 3 is 2.50 bits per heavy atom. The molecular formula is C21H25NO4. The van der Waals surface area contributed by atoms with Crippen molar-refractivity contribution in [3.05, 3.63) is 65.2 Å². The normalized spacial score (nSPS) is 10.2. The molecule has 0 heterocycles. The van der Waals surface area contributed by atoms with Crippen LogP contribution in [-0.2, 0) is 20.7 Å². The highest BCUT2D eigenvalue weighted by Crippen LogP contribution is 2.12. The Morgan fingerprint density at radius 2 is 1.77 bits per heavy atom. The lowest BCUT2D eigenvalue weighted by atomic mass is 10.1. The summed E-state index contributed by atoms with van der Waals surface area (Å²) in [6, 6.07) is 15.6. The number of ether oxygens (including phenoxy) is 2. The largest absolute Gasteiger partial charge is 0.482 e. The summed E-state index contributed by atoms with van der Waals surface area (Å²) in [4.78, 5) is 23.4. The average molecular weight is 355 g/mol. The molecule has 1 amide bonds. The molecule has 0 unspecified atom stereocenters. The number of carbonyl (C=O) groups excluding carboxylic acids is 2. The van der Waals surface area contributed by atoms with Crippen LogP contribution in [0.1, 0.15) is 23.1 Å². The maximum absolute atomic E-state index is 11.8. The Hall–Kier alpha value is -2.82. The molecule has 0 radical (unpaired) electrons. The van der Waals surface area contributed by atoms with Crippen LogP contribution in [0.3, 0.4) is 0 Å². The first-order valence-electron chi connectivity index (χ1n) is 8.70. The second-order valence-electron chi connectivity index (χ2n) is 6.16. The van der Waals surface area contributed by atoms with Gasteiger partial charge in [0.15, 0.2) is 6.61 Å². The summed E-state index contributed by atoms with van der Waals surface area (Å²) in [7, 11) is 0. The molecule has 0 spiro atoms. The van der Waals surface area contributed by atoms with Gasteiger partial charge in [0, 0.05) is 6.42 Å². The lowest BCUT2D eigenvalue weighted by Crippen LogP contribution is -2.29. The van der Waals surface area contributed by atoms with Crippen molar-refractivity contribution in [2.24, 2.45) is 0 Å². The SMILES string of the molecule is Cc1ccc(CCC(=O)NCCOC(=O)COc2cccc(C)c2)cc1. The molecule has 0 atom stereocenters. The molecule has 1 N–H and O–H groups in total. The number of carbonyl (C=O) groups is 2. The van der Waals surface area contributed by atoms with Gasteiger partial charge in [0.25, 0.3) is 0 Å². The van der Waals surface area contributed by atoms with E-state index in [0.29, 0.717) is 25.1 Å². The van der Waals surface area contributed by atoms with Gasteiger partial charge in [-0.2, -0.15) is 0 Å². The second kappa shape index (κ2) is 10.2. The van der Waals surface area contributed by atoms with Crippen LogP contribution in [0.15, 0.2) is 48.5 Å². The van der Waals surface area contributed by atoms with Crippen LogP contribution in [0.5, 0.6) is 5.75 Å². The van der Waals surface area contributed by atoms with Gasteiger partial charge in [0.05, 0.1) is 6.54 Å². The van der Waals surface area contributed by atoms with Crippen molar-refractivity contribution in [1.82, 2.24) is 5.32 Å². The summed E-state index contributed by atoms with van der Waals surface area (Å²) in [6.45, 7) is 4.26. The molecule has 5 nitrogen and oxygen atoms in total. The number of nitrogens with one attached hydrogen (secondary N) is 1. The fraction of sp³-hybridized carbons (Fsp3) is 0.333. The summed E-state index contributed by atoms with van der Waals surface area (Å²) < 4.78 is 10.4. The number of esters is 1. The molecule has 2 aromatic carbocycles. The minimum atomic E-state index is -0.458. The third kappa shape index (κ3) is 7.38. The number of amides is 1. The first-order chi connectivity index (χ1) is 12.5. The van der Waals surface area contributed by atoms with E-state index in [-0.39, 0.29) is 19.1 Å². The van der Waals surface area contributed by atoms with Gasteiger partial charge < -0.3 is 14.8 Å². The third-order valence-corrected chi connectivity index (χ3v) is 3.79. The summed E-state index contributed by atoms with van der Waals surface area (Å²) in [5.41, 5.74) is 3.39. The van der Waals surface area contributed by atoms with Crippen LogP contribution >= 0.6 is 0 Å². The number of benzene rings is 2. The summed E-state index contributed by atoms with van der Waals surface area (Å²) in [5, 5.41) is 2.74. The standard InChI is InChI=1S/C21H25NO4/c1-16-6-8-18(9-7-16)10-11-20(23)22-12-13-25-21(24)15-26-19-5-3-4-17(2)14-19/h3-9,14H,10-13,15H2,1-2H3,(H,22,23). The monoisotopic (exact) mass is 355 g/mol. The average Bonchev–Trinajstić information content (AvgIpc) is 2.63. The van der Waals surface area contributed by atoms with Gasteiger partial charge in [-0.1, -0.05) is 42.0 Å². The van der Waals surface area contributed by atoms with Crippen LogP contribution in [0, 0.1) is 13.8 Å². The van der Waals surface area contributed by atoms with E-state index in [1.165, 1.54) is 5.56 Å². The van der Waals surface area contributed by atoms with E-state index in [1.54, 1.807) is 6.07 Å². The van der Waals surface area contributed by atoms with Crippen LogP contribution in [0.4, 0.5) is 0 Å². The Morgan fingerprint density at radius 1 is 1.00 bits per heavy atom. The highest BCUT2D eigenvalue weighted by molar-refractivity contribution is 5.76. The smallest absolute Gasteiger partial charge is 0.344 e. The van der Waals surface area contributed by atoms with E-state index in [1.807, 2.05) is 56.3 Å². The van der Waals surface area contributed by atoms with E-state index >= 15 is 0 Å². The van der Waals surface area contributed by atoms with E-state index in [2.05, 4.69) is 5.32 Å². The van der Waals surface area contributed by atoms with Crippen molar-refractivity contribution in [3.63, 3.8) is 0 Å². The highest BCUT2D eigenvalue weighted by Gasteiger charge is 2.06. The van der Waals surface area contributed by atoms with Crippen LogP contribution in [0.25, 0.3) is 0 Å². The molecule has 2 rings (SSSR count). The van der Waals surface area contributed by atoms with Crippen molar-refractivity contribution in [2.45, 2.75) is 26.7 Å². The maximum Gasteiger partial charge on any atom is 0.344 e. The Bertz CT molecular complexity index is 725. The van der Waals surface area contributed by atoms with Gasteiger partial charge in [0.2, 0.25) is 5.91 Å². The molecule has 0 aliphatic heterocycles. The topological polar surface area (TPSA) is 64.6 Å². The first-order valence-corrected chi connectivity index (χ1v) is 8.70. The Kier molecular flexibility index (Phi) is 7.68. The minimum Gasteiger partial charge on any atom is -0.482 e. The van der Waals surface area contributed by atoms with Crippen molar-refractivity contribution in [2.75, 3.05) is 19.8 Å². The zero-order valence-corrected chi connectivity index (χ0v) is 15.3. The van der Waals surface area contributed by atoms with E-state index in [9.17, 15) is 9.59 Å². The number of hydrogen-bond acceptors (Lipinski definition) is 4. The molecule has 26 heavy (non-hydrogen) atoms. The number of aryl methyl sites for hydroxylation is 3. The van der Waals surface area contributed by atoms with Crippen molar-refractivity contribution in [1.29, 1.82) is 0 Å². The molecule has 0 saturated carbocycles. The van der Waals surface area contributed by atoms with Gasteiger partial charge in [-0.05, 0) is 43.5 Å². The molecule has 0 bridgehead atoms. The lowest BCUT2D eigenvalue weighted by molar-refractivity contribution is -0.146. The fourth-order valence-electron chi connectivity index (χ4n) is 2.35. The van der Waals surface area contributed by atoms with Crippen LogP contribution in [0.2, 0.25) is 0 Å². The summed E-state index contributed by atoms with van der Waals surface area (Å²) in [5.74, 6) is 0.115. The van der Waals surface area contributed by atoms with Gasteiger partial charge in [-0.25, -0.2) is 4.79 Å². The van der Waals surface area contributed by atoms with Gasteiger partial charge in [0.1, 0.15) is 12.4 Å². The van der Waals surface area contributed by atoms with Gasteiger partial charge >= 0.3 is 5.97 Å².